The van der Waals surface area contributed by atoms with Gasteiger partial charge in [0, 0.05) is 29.8 Å². The summed E-state index contributed by atoms with van der Waals surface area (Å²) in [5.41, 5.74) is 5.58. The van der Waals surface area contributed by atoms with Crippen LogP contribution in [0.1, 0.15) is 52.9 Å². The molecule has 0 aromatic carbocycles. The summed E-state index contributed by atoms with van der Waals surface area (Å²) in [7, 11) is 0. The van der Waals surface area contributed by atoms with Crippen molar-refractivity contribution < 1.29 is 9.59 Å². The van der Waals surface area contributed by atoms with E-state index in [4.69, 9.17) is 5.73 Å². The van der Waals surface area contributed by atoms with Crippen LogP contribution < -0.4 is 5.73 Å². The first kappa shape index (κ1) is 18.5. The molecule has 4 nitrogen and oxygen atoms in total. The first-order chi connectivity index (χ1) is 9.86. The highest BCUT2D eigenvalue weighted by Gasteiger charge is 2.36. The van der Waals surface area contributed by atoms with Crippen LogP contribution in [-0.4, -0.2) is 34.6 Å². The van der Waals surface area contributed by atoms with Crippen molar-refractivity contribution in [1.29, 1.82) is 0 Å². The fourth-order valence-electron chi connectivity index (χ4n) is 3.16. The molecule has 2 amide bonds. The summed E-state index contributed by atoms with van der Waals surface area (Å²) >= 11 is 3.61. The summed E-state index contributed by atoms with van der Waals surface area (Å²) in [6, 6.07) is 0. The van der Waals surface area contributed by atoms with Gasteiger partial charge in [-0.15, -0.1) is 0 Å². The van der Waals surface area contributed by atoms with Gasteiger partial charge < -0.3 is 10.6 Å². The fourth-order valence-corrected chi connectivity index (χ4v) is 3.83. The number of halogens is 1. The molecule has 5 heteroatoms. The van der Waals surface area contributed by atoms with Crippen LogP contribution in [0.2, 0.25) is 0 Å². The number of likely N-dealkylation sites (tertiary alicyclic amines) is 1. The monoisotopic (exact) mass is 360 g/mol. The second kappa shape index (κ2) is 8.76. The van der Waals surface area contributed by atoms with Gasteiger partial charge >= 0.3 is 0 Å². The number of piperidine rings is 1. The number of carbonyl (C=O) groups excluding carboxylic acids is 2. The number of primary amides is 1. The average Bonchev–Trinajstić information content (AvgIpc) is 2.41. The van der Waals surface area contributed by atoms with Crippen LogP contribution in [0.3, 0.4) is 0 Å². The van der Waals surface area contributed by atoms with Gasteiger partial charge in [0.15, 0.2) is 0 Å². The third-order valence-corrected chi connectivity index (χ3v) is 4.92. The predicted octanol–water partition coefficient (Wildman–Crippen LogP) is 2.94. The molecule has 1 heterocycles. The summed E-state index contributed by atoms with van der Waals surface area (Å²) in [5.74, 6) is -0.434. The van der Waals surface area contributed by atoms with E-state index in [0.29, 0.717) is 17.2 Å². The van der Waals surface area contributed by atoms with E-state index in [-0.39, 0.29) is 23.7 Å². The quantitative estimate of drug-likeness (QED) is 0.709. The van der Waals surface area contributed by atoms with E-state index in [1.54, 1.807) is 0 Å². The SMILES string of the molecule is CCCC(C(N)=O)C(CC(C)C)C(=O)N1CCC[C@@H](Br)C1. The molecule has 0 radical (unpaired) electrons. The van der Waals surface area contributed by atoms with Crippen LogP contribution in [0, 0.1) is 17.8 Å². The van der Waals surface area contributed by atoms with Gasteiger partial charge in [-0.3, -0.25) is 9.59 Å². The number of amides is 2. The van der Waals surface area contributed by atoms with Gasteiger partial charge in [0.25, 0.3) is 0 Å². The zero-order chi connectivity index (χ0) is 16.0. The van der Waals surface area contributed by atoms with Crippen molar-refractivity contribution in [3.05, 3.63) is 0 Å². The van der Waals surface area contributed by atoms with Crippen LogP contribution in [0.4, 0.5) is 0 Å². The van der Waals surface area contributed by atoms with Gasteiger partial charge in [-0.1, -0.05) is 43.1 Å². The van der Waals surface area contributed by atoms with E-state index in [1.165, 1.54) is 0 Å². The standard InChI is InChI=1S/C16H29BrN2O2/c1-4-6-13(15(18)20)14(9-11(2)3)16(21)19-8-5-7-12(17)10-19/h11-14H,4-10H2,1-3H3,(H2,18,20)/t12-,13?,14?/m1/s1. The van der Waals surface area contributed by atoms with E-state index in [9.17, 15) is 9.59 Å². The second-order valence-electron chi connectivity index (χ2n) is 6.56. The number of alkyl halides is 1. The Morgan fingerprint density at radius 3 is 2.48 bits per heavy atom. The van der Waals surface area contributed by atoms with Gasteiger partial charge in [0.1, 0.15) is 0 Å². The summed E-state index contributed by atoms with van der Waals surface area (Å²) in [4.78, 5) is 27.0. The van der Waals surface area contributed by atoms with E-state index in [2.05, 4.69) is 29.8 Å². The molecule has 2 N–H and O–H groups in total. The molecule has 0 bridgehead atoms. The Bertz CT molecular complexity index is 360. The average molecular weight is 361 g/mol. The van der Waals surface area contributed by atoms with Crippen LogP contribution >= 0.6 is 15.9 Å². The maximum absolute atomic E-state index is 12.9. The van der Waals surface area contributed by atoms with Crippen LogP contribution in [-0.2, 0) is 9.59 Å². The minimum atomic E-state index is -0.333. The zero-order valence-corrected chi connectivity index (χ0v) is 15.1. The molecular weight excluding hydrogens is 332 g/mol. The molecule has 1 aliphatic heterocycles. The highest BCUT2D eigenvalue weighted by molar-refractivity contribution is 9.09. The van der Waals surface area contributed by atoms with E-state index in [1.807, 2.05) is 11.8 Å². The summed E-state index contributed by atoms with van der Waals surface area (Å²) < 4.78 is 0. The molecule has 122 valence electrons. The Morgan fingerprint density at radius 1 is 1.33 bits per heavy atom. The number of rotatable bonds is 7. The summed E-state index contributed by atoms with van der Waals surface area (Å²) in [6.07, 6.45) is 4.42. The number of hydrogen-bond acceptors (Lipinski definition) is 2. The van der Waals surface area contributed by atoms with Crippen LogP contribution in [0.15, 0.2) is 0 Å². The zero-order valence-electron chi connectivity index (χ0n) is 13.5. The smallest absolute Gasteiger partial charge is 0.226 e. The molecule has 1 fully saturated rings. The van der Waals surface area contributed by atoms with Crippen molar-refractivity contribution >= 4 is 27.7 Å². The maximum atomic E-state index is 12.9. The Kier molecular flexibility index (Phi) is 7.71. The molecule has 21 heavy (non-hydrogen) atoms. The number of nitrogens with two attached hydrogens (primary N) is 1. The van der Waals surface area contributed by atoms with Crippen molar-refractivity contribution in [1.82, 2.24) is 4.90 Å². The minimum absolute atomic E-state index is 0.116. The Balaban J connectivity index is 2.88. The minimum Gasteiger partial charge on any atom is -0.369 e. The topological polar surface area (TPSA) is 63.4 Å². The highest BCUT2D eigenvalue weighted by Crippen LogP contribution is 2.28. The normalized spacial score (nSPS) is 22.1. The van der Waals surface area contributed by atoms with Gasteiger partial charge in [-0.2, -0.15) is 0 Å². The first-order valence-electron chi connectivity index (χ1n) is 8.08. The molecule has 2 unspecified atom stereocenters. The van der Waals surface area contributed by atoms with Gasteiger partial charge in [-0.05, 0) is 31.6 Å². The molecule has 0 aromatic rings. The number of hydrogen-bond donors (Lipinski definition) is 1. The third kappa shape index (κ3) is 5.61. The highest BCUT2D eigenvalue weighted by atomic mass is 79.9. The number of nitrogens with zero attached hydrogens (tertiary/aromatic N) is 1. The lowest BCUT2D eigenvalue weighted by Gasteiger charge is -2.35. The number of carbonyl (C=O) groups is 2. The lowest BCUT2D eigenvalue weighted by Crippen LogP contribution is -2.47. The van der Waals surface area contributed by atoms with Gasteiger partial charge in [-0.25, -0.2) is 0 Å². The van der Waals surface area contributed by atoms with Gasteiger partial charge in [0.05, 0.1) is 0 Å². The molecule has 0 saturated carbocycles. The molecule has 1 aliphatic rings. The molecular formula is C16H29BrN2O2. The summed E-state index contributed by atoms with van der Waals surface area (Å²) in [5, 5.41) is 0. The second-order valence-corrected chi connectivity index (χ2v) is 7.85. The fraction of sp³-hybridized carbons (Fsp3) is 0.875. The van der Waals surface area contributed by atoms with E-state index in [0.717, 1.165) is 38.8 Å². The van der Waals surface area contributed by atoms with Gasteiger partial charge in [0.2, 0.25) is 11.8 Å². The maximum Gasteiger partial charge on any atom is 0.226 e. The van der Waals surface area contributed by atoms with Crippen LogP contribution in [0.5, 0.6) is 0 Å². The Morgan fingerprint density at radius 2 is 2.00 bits per heavy atom. The third-order valence-electron chi connectivity index (χ3n) is 4.17. The lowest BCUT2D eigenvalue weighted by molar-refractivity contribution is -0.142. The largest absolute Gasteiger partial charge is 0.369 e. The van der Waals surface area contributed by atoms with Crippen molar-refractivity contribution in [3.8, 4) is 0 Å². The summed E-state index contributed by atoms with van der Waals surface area (Å²) in [6.45, 7) is 7.75. The van der Waals surface area contributed by atoms with Crippen molar-refractivity contribution in [2.75, 3.05) is 13.1 Å². The molecule has 3 atom stereocenters. The molecule has 1 rings (SSSR count). The predicted molar refractivity (Wildman–Crippen MR) is 89.1 cm³/mol. The van der Waals surface area contributed by atoms with Crippen molar-refractivity contribution in [2.24, 2.45) is 23.5 Å². The van der Waals surface area contributed by atoms with E-state index < -0.39 is 0 Å². The Labute approximate surface area is 136 Å². The molecule has 1 saturated heterocycles. The molecule has 0 aliphatic carbocycles. The Hall–Kier alpha value is -0.580. The molecule has 0 aromatic heterocycles. The van der Waals surface area contributed by atoms with Crippen molar-refractivity contribution in [3.63, 3.8) is 0 Å². The lowest BCUT2D eigenvalue weighted by atomic mass is 9.81. The molecule has 0 spiro atoms. The van der Waals surface area contributed by atoms with E-state index >= 15 is 0 Å². The first-order valence-corrected chi connectivity index (χ1v) is 9.00. The van der Waals surface area contributed by atoms with Crippen LogP contribution in [0.25, 0.3) is 0 Å². The van der Waals surface area contributed by atoms with Crippen molar-refractivity contribution in [2.45, 2.75) is 57.7 Å².